The summed E-state index contributed by atoms with van der Waals surface area (Å²) in [4.78, 5) is 8.96. The van der Waals surface area contributed by atoms with Crippen LogP contribution in [0.3, 0.4) is 0 Å². The highest BCUT2D eigenvalue weighted by Gasteiger charge is 2.06. The average Bonchev–Trinajstić information content (AvgIpc) is 2.62. The maximum atomic E-state index is 4.54. The summed E-state index contributed by atoms with van der Waals surface area (Å²) in [5.41, 5.74) is 2.18. The summed E-state index contributed by atoms with van der Waals surface area (Å²) in [6.45, 7) is 9.48. The molecule has 0 radical (unpaired) electrons. The number of rotatable bonds is 9. The van der Waals surface area contributed by atoms with Crippen LogP contribution in [0.5, 0.6) is 0 Å². The van der Waals surface area contributed by atoms with Gasteiger partial charge in [-0.3, -0.25) is 0 Å². The fourth-order valence-electron chi connectivity index (χ4n) is 2.52. The van der Waals surface area contributed by atoms with E-state index in [1.165, 1.54) is 5.69 Å². The molecule has 1 heterocycles. The van der Waals surface area contributed by atoms with Gasteiger partial charge in [0.1, 0.15) is 0 Å². The number of benzene rings is 1. The molecule has 2 rings (SSSR count). The molecule has 1 aromatic heterocycles. The van der Waals surface area contributed by atoms with Crippen molar-refractivity contribution in [3.05, 3.63) is 30.5 Å². The van der Waals surface area contributed by atoms with Gasteiger partial charge in [0, 0.05) is 38.1 Å². The molecule has 0 aliphatic rings. The first-order valence-corrected chi connectivity index (χ1v) is 8.70. The summed E-state index contributed by atoms with van der Waals surface area (Å²) >= 11 is 0. The normalized spacial score (nSPS) is 10.5. The van der Waals surface area contributed by atoms with Gasteiger partial charge >= 0.3 is 0 Å². The van der Waals surface area contributed by atoms with E-state index in [0.29, 0.717) is 5.95 Å². The van der Waals surface area contributed by atoms with Crippen molar-refractivity contribution in [1.29, 1.82) is 0 Å². The van der Waals surface area contributed by atoms with Crippen molar-refractivity contribution < 1.29 is 0 Å². The molecule has 0 fully saturated rings. The standard InChI is InChI=1S/C18H28N6/c1-5-8-13-23(4)17-14-19-22-18(21-17)20-15-9-11-16(12-10-15)24(6-2)7-3/h9-12,14H,5-8,13H2,1-4H3,(H,20,21,22). The highest BCUT2D eigenvalue weighted by atomic mass is 15.3. The van der Waals surface area contributed by atoms with Crippen molar-refractivity contribution in [3.63, 3.8) is 0 Å². The number of anilines is 4. The lowest BCUT2D eigenvalue weighted by atomic mass is 10.2. The quantitative estimate of drug-likeness (QED) is 0.757. The largest absolute Gasteiger partial charge is 0.372 e. The van der Waals surface area contributed by atoms with Gasteiger partial charge in [0.2, 0.25) is 5.95 Å². The molecule has 130 valence electrons. The number of unbranched alkanes of at least 4 members (excludes halogenated alkanes) is 1. The Labute approximate surface area is 144 Å². The van der Waals surface area contributed by atoms with Gasteiger partial charge in [-0.05, 0) is 44.5 Å². The van der Waals surface area contributed by atoms with E-state index >= 15 is 0 Å². The Balaban J connectivity index is 2.05. The van der Waals surface area contributed by atoms with Crippen molar-refractivity contribution in [2.45, 2.75) is 33.6 Å². The SMILES string of the molecule is CCCCN(C)c1cnnc(Nc2ccc(N(CC)CC)cc2)n1. The lowest BCUT2D eigenvalue weighted by Crippen LogP contribution is -2.21. The molecule has 0 unspecified atom stereocenters. The summed E-state index contributed by atoms with van der Waals surface area (Å²) in [5, 5.41) is 11.4. The number of hydrogen-bond donors (Lipinski definition) is 1. The maximum Gasteiger partial charge on any atom is 0.249 e. The van der Waals surface area contributed by atoms with Crippen LogP contribution in [0.25, 0.3) is 0 Å². The first kappa shape index (κ1) is 18.0. The fourth-order valence-corrected chi connectivity index (χ4v) is 2.52. The number of nitrogens with one attached hydrogen (secondary N) is 1. The van der Waals surface area contributed by atoms with Crippen molar-refractivity contribution in [2.24, 2.45) is 0 Å². The van der Waals surface area contributed by atoms with Gasteiger partial charge in [-0.1, -0.05) is 13.3 Å². The zero-order valence-corrected chi connectivity index (χ0v) is 15.2. The molecule has 6 heteroatoms. The molecule has 2 aromatic rings. The molecular weight excluding hydrogens is 300 g/mol. The number of nitrogens with zero attached hydrogens (tertiary/aromatic N) is 5. The third-order valence-corrected chi connectivity index (χ3v) is 4.04. The Morgan fingerprint density at radius 2 is 1.75 bits per heavy atom. The molecule has 0 bridgehead atoms. The molecule has 24 heavy (non-hydrogen) atoms. The van der Waals surface area contributed by atoms with E-state index in [1.807, 2.05) is 19.2 Å². The van der Waals surface area contributed by atoms with E-state index in [2.05, 4.69) is 63.2 Å². The van der Waals surface area contributed by atoms with E-state index in [1.54, 1.807) is 6.20 Å². The van der Waals surface area contributed by atoms with Gasteiger partial charge in [-0.15, -0.1) is 5.10 Å². The van der Waals surface area contributed by atoms with Crippen LogP contribution >= 0.6 is 0 Å². The second-order valence-corrected chi connectivity index (χ2v) is 5.76. The van der Waals surface area contributed by atoms with Crippen LogP contribution in [0, 0.1) is 0 Å². The van der Waals surface area contributed by atoms with Crippen LogP contribution in [0.1, 0.15) is 33.6 Å². The van der Waals surface area contributed by atoms with Crippen molar-refractivity contribution >= 4 is 23.1 Å². The summed E-state index contributed by atoms with van der Waals surface area (Å²) in [7, 11) is 2.03. The Kier molecular flexibility index (Phi) is 6.78. The summed E-state index contributed by atoms with van der Waals surface area (Å²) in [6, 6.07) is 8.31. The molecule has 0 saturated heterocycles. The predicted octanol–water partition coefficient (Wildman–Crippen LogP) is 3.70. The van der Waals surface area contributed by atoms with E-state index in [0.717, 1.165) is 44.0 Å². The third kappa shape index (κ3) is 4.81. The van der Waals surface area contributed by atoms with Crippen LogP contribution in [-0.4, -0.2) is 41.9 Å². The van der Waals surface area contributed by atoms with E-state index < -0.39 is 0 Å². The molecule has 0 aliphatic carbocycles. The molecule has 0 aliphatic heterocycles. The smallest absolute Gasteiger partial charge is 0.249 e. The molecule has 1 aromatic carbocycles. The van der Waals surface area contributed by atoms with Crippen molar-refractivity contribution in [3.8, 4) is 0 Å². The van der Waals surface area contributed by atoms with Gasteiger partial charge < -0.3 is 15.1 Å². The van der Waals surface area contributed by atoms with Crippen molar-refractivity contribution in [2.75, 3.05) is 41.8 Å². The topological polar surface area (TPSA) is 57.2 Å². The first-order chi connectivity index (χ1) is 11.7. The molecule has 1 N–H and O–H groups in total. The second kappa shape index (κ2) is 9.05. The lowest BCUT2D eigenvalue weighted by molar-refractivity contribution is 0.754. The molecule has 0 saturated carbocycles. The first-order valence-electron chi connectivity index (χ1n) is 8.70. The van der Waals surface area contributed by atoms with Gasteiger partial charge in [0.15, 0.2) is 5.82 Å². The van der Waals surface area contributed by atoms with E-state index in [9.17, 15) is 0 Å². The Bertz CT molecular complexity index is 609. The van der Waals surface area contributed by atoms with Crippen LogP contribution in [0.15, 0.2) is 30.5 Å². The molecule has 6 nitrogen and oxygen atoms in total. The molecular formula is C18H28N6. The molecule has 0 spiro atoms. The number of aromatic nitrogens is 3. The molecule has 0 atom stereocenters. The van der Waals surface area contributed by atoms with E-state index in [4.69, 9.17) is 0 Å². The summed E-state index contributed by atoms with van der Waals surface area (Å²) < 4.78 is 0. The van der Waals surface area contributed by atoms with Crippen LogP contribution in [0.4, 0.5) is 23.1 Å². The van der Waals surface area contributed by atoms with E-state index in [-0.39, 0.29) is 0 Å². The molecule has 0 amide bonds. The Hall–Kier alpha value is -2.37. The van der Waals surface area contributed by atoms with Crippen LogP contribution in [0.2, 0.25) is 0 Å². The Morgan fingerprint density at radius 1 is 1.04 bits per heavy atom. The number of hydrogen-bond acceptors (Lipinski definition) is 6. The summed E-state index contributed by atoms with van der Waals surface area (Å²) in [5.74, 6) is 1.35. The maximum absolute atomic E-state index is 4.54. The lowest BCUT2D eigenvalue weighted by Gasteiger charge is -2.21. The van der Waals surface area contributed by atoms with Crippen LogP contribution < -0.4 is 15.1 Å². The van der Waals surface area contributed by atoms with Crippen LogP contribution in [-0.2, 0) is 0 Å². The average molecular weight is 328 g/mol. The highest BCUT2D eigenvalue weighted by molar-refractivity contribution is 5.59. The minimum atomic E-state index is 0.520. The Morgan fingerprint density at radius 3 is 2.38 bits per heavy atom. The minimum absolute atomic E-state index is 0.520. The second-order valence-electron chi connectivity index (χ2n) is 5.76. The van der Waals surface area contributed by atoms with Crippen molar-refractivity contribution in [1.82, 2.24) is 15.2 Å². The zero-order valence-electron chi connectivity index (χ0n) is 15.2. The third-order valence-electron chi connectivity index (χ3n) is 4.04. The summed E-state index contributed by atoms with van der Waals surface area (Å²) in [6.07, 6.45) is 3.99. The van der Waals surface area contributed by atoms with Gasteiger partial charge in [0.25, 0.3) is 0 Å². The minimum Gasteiger partial charge on any atom is -0.372 e. The van der Waals surface area contributed by atoms with Gasteiger partial charge in [-0.2, -0.15) is 10.1 Å². The zero-order chi connectivity index (χ0) is 17.4. The van der Waals surface area contributed by atoms with Gasteiger partial charge in [0.05, 0.1) is 6.20 Å². The fraction of sp³-hybridized carbons (Fsp3) is 0.500. The highest BCUT2D eigenvalue weighted by Crippen LogP contribution is 2.20. The monoisotopic (exact) mass is 328 g/mol. The predicted molar refractivity (Wildman–Crippen MR) is 101 cm³/mol. The van der Waals surface area contributed by atoms with Gasteiger partial charge in [-0.25, -0.2) is 0 Å².